The van der Waals surface area contributed by atoms with Crippen LogP contribution in [0.15, 0.2) is 6.07 Å². The second kappa shape index (κ2) is 3.69. The van der Waals surface area contributed by atoms with E-state index in [-0.39, 0.29) is 6.10 Å². The molecule has 3 nitrogen and oxygen atoms in total. The van der Waals surface area contributed by atoms with Crippen molar-refractivity contribution in [2.75, 3.05) is 5.73 Å². The van der Waals surface area contributed by atoms with E-state index in [2.05, 4.69) is 4.37 Å². The Kier molecular flexibility index (Phi) is 2.84. The molecular weight excluding hydrogens is 160 g/mol. The molecule has 0 amide bonds. The Hall–Kier alpha value is -0.610. The smallest absolute Gasteiger partial charge is 0.107 e. The van der Waals surface area contributed by atoms with Gasteiger partial charge in [0.1, 0.15) is 5.00 Å². The summed E-state index contributed by atoms with van der Waals surface area (Å²) in [5.74, 6) is 0. The second-order valence-corrected chi connectivity index (χ2v) is 3.42. The molecule has 2 N–H and O–H groups in total. The molecule has 0 unspecified atom stereocenters. The van der Waals surface area contributed by atoms with E-state index in [1.807, 2.05) is 19.9 Å². The van der Waals surface area contributed by atoms with E-state index >= 15 is 0 Å². The maximum atomic E-state index is 5.49. The molecule has 1 heterocycles. The van der Waals surface area contributed by atoms with Crippen LogP contribution < -0.4 is 5.73 Å². The quantitative estimate of drug-likeness (QED) is 0.754. The average Bonchev–Trinajstić information content (AvgIpc) is 2.31. The van der Waals surface area contributed by atoms with Crippen LogP contribution in [0.5, 0.6) is 0 Å². The lowest BCUT2D eigenvalue weighted by Gasteiger charge is -2.03. The summed E-state index contributed by atoms with van der Waals surface area (Å²) in [5.41, 5.74) is 6.40. The van der Waals surface area contributed by atoms with Gasteiger partial charge < -0.3 is 10.5 Å². The number of aromatic nitrogens is 1. The van der Waals surface area contributed by atoms with Gasteiger partial charge in [-0.2, -0.15) is 4.37 Å². The number of anilines is 1. The maximum Gasteiger partial charge on any atom is 0.107 e. The number of hydrogen-bond donors (Lipinski definition) is 1. The van der Waals surface area contributed by atoms with E-state index in [4.69, 9.17) is 10.5 Å². The van der Waals surface area contributed by atoms with E-state index in [0.29, 0.717) is 6.61 Å². The standard InChI is InChI=1S/C7H12N2OS/c1-5(2)10-4-6-3-7(8)11-9-6/h3,5H,4,8H2,1-2H3. The summed E-state index contributed by atoms with van der Waals surface area (Å²) in [6, 6.07) is 1.84. The molecule has 0 atom stereocenters. The first-order valence-electron chi connectivity index (χ1n) is 3.51. The molecule has 0 spiro atoms. The number of rotatable bonds is 3. The van der Waals surface area contributed by atoms with Crippen LogP contribution in [0.1, 0.15) is 19.5 Å². The van der Waals surface area contributed by atoms with Crippen LogP contribution in [0.25, 0.3) is 0 Å². The summed E-state index contributed by atoms with van der Waals surface area (Å²) in [7, 11) is 0. The molecule has 0 bridgehead atoms. The lowest BCUT2D eigenvalue weighted by Crippen LogP contribution is -2.01. The molecule has 0 aliphatic carbocycles. The zero-order valence-electron chi connectivity index (χ0n) is 6.70. The first kappa shape index (κ1) is 8.49. The van der Waals surface area contributed by atoms with Crippen molar-refractivity contribution in [1.82, 2.24) is 4.37 Å². The van der Waals surface area contributed by atoms with Crippen molar-refractivity contribution in [3.8, 4) is 0 Å². The SMILES string of the molecule is CC(C)OCc1cc(N)sn1. The van der Waals surface area contributed by atoms with Crippen LogP contribution in [0.2, 0.25) is 0 Å². The van der Waals surface area contributed by atoms with Gasteiger partial charge in [0.2, 0.25) is 0 Å². The van der Waals surface area contributed by atoms with Crippen molar-refractivity contribution < 1.29 is 4.74 Å². The lowest BCUT2D eigenvalue weighted by atomic mass is 10.4. The molecule has 1 aromatic rings. The van der Waals surface area contributed by atoms with Crippen LogP contribution in [0.4, 0.5) is 5.00 Å². The molecule has 1 rings (SSSR count). The van der Waals surface area contributed by atoms with Crippen molar-refractivity contribution in [3.05, 3.63) is 11.8 Å². The minimum atomic E-state index is 0.248. The number of nitrogens with two attached hydrogens (primary N) is 1. The van der Waals surface area contributed by atoms with Crippen molar-refractivity contribution in [3.63, 3.8) is 0 Å². The zero-order chi connectivity index (χ0) is 8.27. The highest BCUT2D eigenvalue weighted by molar-refractivity contribution is 7.09. The third-order valence-electron chi connectivity index (χ3n) is 1.14. The minimum absolute atomic E-state index is 0.248. The molecule has 0 radical (unpaired) electrons. The van der Waals surface area contributed by atoms with Crippen molar-refractivity contribution >= 4 is 16.5 Å². The molecule has 0 aliphatic rings. The molecule has 11 heavy (non-hydrogen) atoms. The topological polar surface area (TPSA) is 48.1 Å². The van der Waals surface area contributed by atoms with Gasteiger partial charge in [-0.15, -0.1) is 0 Å². The van der Waals surface area contributed by atoms with Crippen molar-refractivity contribution in [2.45, 2.75) is 26.6 Å². The fourth-order valence-corrected chi connectivity index (χ4v) is 1.17. The summed E-state index contributed by atoms with van der Waals surface area (Å²) in [6.45, 7) is 4.55. The van der Waals surface area contributed by atoms with Crippen LogP contribution in [0.3, 0.4) is 0 Å². The Morgan fingerprint density at radius 3 is 2.91 bits per heavy atom. The summed E-state index contributed by atoms with van der Waals surface area (Å²) in [5, 5.41) is 0.743. The van der Waals surface area contributed by atoms with E-state index in [1.165, 1.54) is 11.5 Å². The monoisotopic (exact) mass is 172 g/mol. The molecule has 1 aromatic heterocycles. The molecule has 0 fully saturated rings. The Bertz CT molecular complexity index is 222. The van der Waals surface area contributed by atoms with Gasteiger partial charge in [-0.05, 0) is 31.4 Å². The Labute approximate surface area is 70.3 Å². The van der Waals surface area contributed by atoms with E-state index in [0.717, 1.165) is 10.7 Å². The van der Waals surface area contributed by atoms with Gasteiger partial charge in [0.15, 0.2) is 0 Å². The van der Waals surface area contributed by atoms with Gasteiger partial charge in [0.25, 0.3) is 0 Å². The second-order valence-electron chi connectivity index (χ2n) is 2.58. The highest BCUT2D eigenvalue weighted by Gasteiger charge is 1.99. The van der Waals surface area contributed by atoms with Gasteiger partial charge in [0.05, 0.1) is 18.4 Å². The van der Waals surface area contributed by atoms with Crippen LogP contribution in [-0.2, 0) is 11.3 Å². The average molecular weight is 172 g/mol. The van der Waals surface area contributed by atoms with E-state index in [9.17, 15) is 0 Å². The molecular formula is C7H12N2OS. The number of nitrogens with zero attached hydrogens (tertiary/aromatic N) is 1. The normalized spacial score (nSPS) is 10.8. The molecule has 0 aliphatic heterocycles. The van der Waals surface area contributed by atoms with Gasteiger partial charge >= 0.3 is 0 Å². The molecule has 4 heteroatoms. The molecule has 0 saturated heterocycles. The predicted octanol–water partition coefficient (Wildman–Crippen LogP) is 1.65. The number of nitrogen functional groups attached to an aromatic ring is 1. The summed E-state index contributed by atoms with van der Waals surface area (Å²) in [4.78, 5) is 0. The lowest BCUT2D eigenvalue weighted by molar-refractivity contribution is 0.0641. The largest absolute Gasteiger partial charge is 0.389 e. The van der Waals surface area contributed by atoms with Gasteiger partial charge in [-0.3, -0.25) is 0 Å². The Morgan fingerprint density at radius 1 is 1.73 bits per heavy atom. The van der Waals surface area contributed by atoms with Crippen LogP contribution in [0, 0.1) is 0 Å². The Balaban J connectivity index is 2.39. The highest BCUT2D eigenvalue weighted by atomic mass is 32.1. The first-order chi connectivity index (χ1) is 5.18. The number of hydrogen-bond acceptors (Lipinski definition) is 4. The maximum absolute atomic E-state index is 5.49. The molecule has 0 aromatic carbocycles. The van der Waals surface area contributed by atoms with Crippen LogP contribution >= 0.6 is 11.5 Å². The Morgan fingerprint density at radius 2 is 2.45 bits per heavy atom. The summed E-state index contributed by atoms with van der Waals surface area (Å²) >= 11 is 1.30. The fourth-order valence-electron chi connectivity index (χ4n) is 0.648. The van der Waals surface area contributed by atoms with Crippen molar-refractivity contribution in [1.29, 1.82) is 0 Å². The highest BCUT2D eigenvalue weighted by Crippen LogP contribution is 2.12. The first-order valence-corrected chi connectivity index (χ1v) is 4.28. The minimum Gasteiger partial charge on any atom is -0.389 e. The van der Waals surface area contributed by atoms with E-state index < -0.39 is 0 Å². The van der Waals surface area contributed by atoms with Crippen molar-refractivity contribution in [2.24, 2.45) is 0 Å². The predicted molar refractivity (Wildman–Crippen MR) is 46.5 cm³/mol. The van der Waals surface area contributed by atoms with E-state index in [1.54, 1.807) is 0 Å². The third kappa shape index (κ3) is 2.86. The summed E-state index contributed by atoms with van der Waals surface area (Å²) < 4.78 is 9.41. The van der Waals surface area contributed by atoms with Crippen LogP contribution in [-0.4, -0.2) is 10.5 Å². The molecule has 62 valence electrons. The zero-order valence-corrected chi connectivity index (χ0v) is 7.52. The summed E-state index contributed by atoms with van der Waals surface area (Å²) in [6.07, 6.45) is 0.248. The molecule has 0 saturated carbocycles. The van der Waals surface area contributed by atoms with Gasteiger partial charge in [-0.1, -0.05) is 0 Å². The third-order valence-corrected chi connectivity index (χ3v) is 1.80. The van der Waals surface area contributed by atoms with Gasteiger partial charge in [0, 0.05) is 0 Å². The number of ether oxygens (including phenoxy) is 1. The fraction of sp³-hybridized carbons (Fsp3) is 0.571. The van der Waals surface area contributed by atoms with Gasteiger partial charge in [-0.25, -0.2) is 0 Å².